The molecular weight excluding hydrogens is 179 g/mol. The molecule has 0 rings (SSSR count). The largest absolute Gasteiger partial charge is 0.403 e. The number of alkyl halides is 3. The molecule has 0 aromatic rings. The molecule has 0 aromatic carbocycles. The van der Waals surface area contributed by atoms with Gasteiger partial charge in [0.15, 0.2) is 0 Å². The third kappa shape index (κ3) is 5.13. The maximum atomic E-state index is 12.3. The SMILES string of the molecule is CCNC(CC(C)CC)C(F)(F)F. The van der Waals surface area contributed by atoms with Gasteiger partial charge in [0.05, 0.1) is 0 Å². The monoisotopic (exact) mass is 197 g/mol. The highest BCUT2D eigenvalue weighted by Gasteiger charge is 2.39. The minimum atomic E-state index is -4.11. The molecule has 1 N–H and O–H groups in total. The predicted octanol–water partition coefficient (Wildman–Crippen LogP) is 2.96. The predicted molar refractivity (Wildman–Crippen MR) is 47.6 cm³/mol. The molecule has 4 heteroatoms. The molecule has 0 heterocycles. The Morgan fingerprint density at radius 1 is 1.23 bits per heavy atom. The lowest BCUT2D eigenvalue weighted by atomic mass is 9.99. The summed E-state index contributed by atoms with van der Waals surface area (Å²) in [6.07, 6.45) is -3.15. The van der Waals surface area contributed by atoms with Crippen molar-refractivity contribution < 1.29 is 13.2 Å². The Kier molecular flexibility index (Phi) is 5.37. The van der Waals surface area contributed by atoms with Gasteiger partial charge >= 0.3 is 6.18 Å². The van der Waals surface area contributed by atoms with Gasteiger partial charge in [0.25, 0.3) is 0 Å². The Balaban J connectivity index is 4.10. The zero-order valence-corrected chi connectivity index (χ0v) is 8.41. The minimum Gasteiger partial charge on any atom is -0.306 e. The van der Waals surface area contributed by atoms with Crippen LogP contribution in [-0.4, -0.2) is 18.8 Å². The molecule has 0 radical (unpaired) electrons. The second-order valence-corrected chi connectivity index (χ2v) is 3.40. The van der Waals surface area contributed by atoms with Gasteiger partial charge in [-0.3, -0.25) is 0 Å². The average molecular weight is 197 g/mol. The summed E-state index contributed by atoms with van der Waals surface area (Å²) in [5.74, 6) is 0.116. The van der Waals surface area contributed by atoms with E-state index in [1.54, 1.807) is 6.92 Å². The van der Waals surface area contributed by atoms with Crippen LogP contribution in [0.4, 0.5) is 13.2 Å². The normalized spacial score (nSPS) is 17.1. The van der Waals surface area contributed by atoms with Crippen LogP contribution in [-0.2, 0) is 0 Å². The summed E-state index contributed by atoms with van der Waals surface area (Å²) in [6, 6.07) is -1.34. The van der Waals surface area contributed by atoms with Gasteiger partial charge in [-0.15, -0.1) is 0 Å². The quantitative estimate of drug-likeness (QED) is 0.714. The smallest absolute Gasteiger partial charge is 0.306 e. The van der Waals surface area contributed by atoms with Crippen LogP contribution in [0.2, 0.25) is 0 Å². The van der Waals surface area contributed by atoms with Gasteiger partial charge in [-0.25, -0.2) is 0 Å². The molecule has 0 saturated heterocycles. The first-order valence-corrected chi connectivity index (χ1v) is 4.71. The maximum Gasteiger partial charge on any atom is 0.403 e. The lowest BCUT2D eigenvalue weighted by Gasteiger charge is -2.23. The lowest BCUT2D eigenvalue weighted by Crippen LogP contribution is -2.43. The summed E-state index contributed by atoms with van der Waals surface area (Å²) in [4.78, 5) is 0. The van der Waals surface area contributed by atoms with E-state index in [2.05, 4.69) is 5.32 Å². The molecule has 0 spiro atoms. The third-order valence-electron chi connectivity index (χ3n) is 2.18. The Hall–Kier alpha value is -0.250. The van der Waals surface area contributed by atoms with Gasteiger partial charge in [-0.05, 0) is 18.9 Å². The molecule has 0 aliphatic rings. The fraction of sp³-hybridized carbons (Fsp3) is 1.00. The maximum absolute atomic E-state index is 12.3. The van der Waals surface area contributed by atoms with Gasteiger partial charge < -0.3 is 5.32 Å². The zero-order chi connectivity index (χ0) is 10.5. The van der Waals surface area contributed by atoms with Crippen molar-refractivity contribution >= 4 is 0 Å². The van der Waals surface area contributed by atoms with Crippen molar-refractivity contribution in [2.75, 3.05) is 6.54 Å². The van der Waals surface area contributed by atoms with Crippen molar-refractivity contribution in [3.8, 4) is 0 Å². The average Bonchev–Trinajstić information content (AvgIpc) is 2.01. The molecule has 2 unspecified atom stereocenters. The van der Waals surface area contributed by atoms with Crippen LogP contribution in [0.5, 0.6) is 0 Å². The van der Waals surface area contributed by atoms with Gasteiger partial charge in [-0.2, -0.15) is 13.2 Å². The number of nitrogens with one attached hydrogen (secondary N) is 1. The van der Waals surface area contributed by atoms with Crippen molar-refractivity contribution in [2.45, 2.75) is 45.8 Å². The Morgan fingerprint density at radius 2 is 1.77 bits per heavy atom. The lowest BCUT2D eigenvalue weighted by molar-refractivity contribution is -0.159. The topological polar surface area (TPSA) is 12.0 Å². The van der Waals surface area contributed by atoms with Crippen molar-refractivity contribution in [3.63, 3.8) is 0 Å². The van der Waals surface area contributed by atoms with E-state index in [1.807, 2.05) is 13.8 Å². The van der Waals surface area contributed by atoms with Gasteiger partial charge in [0.1, 0.15) is 6.04 Å². The zero-order valence-electron chi connectivity index (χ0n) is 8.41. The van der Waals surface area contributed by atoms with E-state index in [0.29, 0.717) is 6.54 Å². The van der Waals surface area contributed by atoms with Crippen LogP contribution < -0.4 is 5.32 Å². The highest BCUT2D eigenvalue weighted by atomic mass is 19.4. The molecule has 0 aliphatic carbocycles. The second kappa shape index (κ2) is 5.47. The van der Waals surface area contributed by atoms with Gasteiger partial charge in [-0.1, -0.05) is 27.2 Å². The molecule has 0 fully saturated rings. The minimum absolute atomic E-state index is 0.116. The summed E-state index contributed by atoms with van der Waals surface area (Å²) in [5.41, 5.74) is 0. The summed E-state index contributed by atoms with van der Waals surface area (Å²) in [5, 5.41) is 2.46. The number of halogens is 3. The fourth-order valence-electron chi connectivity index (χ4n) is 1.15. The Bertz CT molecular complexity index is 133. The summed E-state index contributed by atoms with van der Waals surface area (Å²) >= 11 is 0. The van der Waals surface area contributed by atoms with E-state index >= 15 is 0 Å². The van der Waals surface area contributed by atoms with Crippen molar-refractivity contribution in [2.24, 2.45) is 5.92 Å². The molecule has 13 heavy (non-hydrogen) atoms. The summed E-state index contributed by atoms with van der Waals surface area (Å²) in [6.45, 7) is 5.80. The summed E-state index contributed by atoms with van der Waals surface area (Å²) < 4.78 is 37.0. The standard InChI is InChI=1S/C9H18F3N/c1-4-7(3)6-8(13-5-2)9(10,11)12/h7-8,13H,4-6H2,1-3H3. The van der Waals surface area contributed by atoms with E-state index < -0.39 is 12.2 Å². The van der Waals surface area contributed by atoms with Crippen LogP contribution in [0.25, 0.3) is 0 Å². The molecule has 0 bridgehead atoms. The van der Waals surface area contributed by atoms with E-state index in [0.717, 1.165) is 6.42 Å². The number of rotatable bonds is 5. The van der Waals surface area contributed by atoms with Crippen molar-refractivity contribution in [3.05, 3.63) is 0 Å². The van der Waals surface area contributed by atoms with Crippen LogP contribution in [0.1, 0.15) is 33.6 Å². The summed E-state index contributed by atoms with van der Waals surface area (Å²) in [7, 11) is 0. The van der Waals surface area contributed by atoms with Crippen molar-refractivity contribution in [1.82, 2.24) is 5.32 Å². The van der Waals surface area contributed by atoms with E-state index in [9.17, 15) is 13.2 Å². The Labute approximate surface area is 77.7 Å². The van der Waals surface area contributed by atoms with E-state index in [-0.39, 0.29) is 12.3 Å². The van der Waals surface area contributed by atoms with Gasteiger partial charge in [0, 0.05) is 0 Å². The van der Waals surface area contributed by atoms with Crippen molar-refractivity contribution in [1.29, 1.82) is 0 Å². The molecule has 2 atom stereocenters. The molecule has 1 nitrogen and oxygen atoms in total. The highest BCUT2D eigenvalue weighted by Crippen LogP contribution is 2.25. The first-order valence-electron chi connectivity index (χ1n) is 4.71. The van der Waals surface area contributed by atoms with E-state index in [1.165, 1.54) is 0 Å². The first kappa shape index (κ1) is 12.8. The third-order valence-corrected chi connectivity index (χ3v) is 2.18. The molecule has 80 valence electrons. The van der Waals surface area contributed by atoms with Crippen LogP contribution in [0, 0.1) is 5.92 Å². The first-order chi connectivity index (χ1) is 5.91. The fourth-order valence-corrected chi connectivity index (χ4v) is 1.15. The van der Waals surface area contributed by atoms with E-state index in [4.69, 9.17) is 0 Å². The van der Waals surface area contributed by atoms with Crippen LogP contribution >= 0.6 is 0 Å². The molecular formula is C9H18F3N. The molecule has 0 amide bonds. The number of hydrogen-bond acceptors (Lipinski definition) is 1. The second-order valence-electron chi connectivity index (χ2n) is 3.40. The Morgan fingerprint density at radius 3 is 2.08 bits per heavy atom. The molecule has 0 aliphatic heterocycles. The van der Waals surface area contributed by atoms with Crippen LogP contribution in [0.15, 0.2) is 0 Å². The molecule has 0 saturated carbocycles. The van der Waals surface area contributed by atoms with Gasteiger partial charge in [0.2, 0.25) is 0 Å². The highest BCUT2D eigenvalue weighted by molar-refractivity contribution is 4.76. The number of hydrogen-bond donors (Lipinski definition) is 1. The molecule has 0 aromatic heterocycles. The van der Waals surface area contributed by atoms with Crippen LogP contribution in [0.3, 0.4) is 0 Å².